The Morgan fingerprint density at radius 1 is 0.781 bits per heavy atom. The van der Waals surface area contributed by atoms with Crippen LogP contribution < -0.4 is 19.9 Å². The fourth-order valence-electron chi connectivity index (χ4n) is 4.11. The molecule has 1 aliphatic heterocycles. The molecule has 1 aliphatic rings. The molecule has 1 N–H and O–H groups in total. The Morgan fingerprint density at radius 2 is 1.47 bits per heavy atom. The number of piperazine rings is 1. The number of ether oxygens (including phenoxy) is 1. The number of benzene rings is 3. The summed E-state index contributed by atoms with van der Waals surface area (Å²) >= 11 is 0. The maximum absolute atomic E-state index is 5.55. The van der Waals surface area contributed by atoms with Gasteiger partial charge in [-0.2, -0.15) is 4.98 Å². The number of methoxy groups -OCH3 is 1. The van der Waals surface area contributed by atoms with Crippen molar-refractivity contribution in [2.45, 2.75) is 6.92 Å². The highest BCUT2D eigenvalue weighted by molar-refractivity contribution is 5.91. The highest BCUT2D eigenvalue weighted by atomic mass is 16.5. The van der Waals surface area contributed by atoms with Gasteiger partial charge in [0.25, 0.3) is 0 Å². The summed E-state index contributed by atoms with van der Waals surface area (Å²) in [6, 6.07) is 24.7. The molecular formula is C26H27N5O. The molecule has 6 nitrogen and oxygen atoms in total. The molecule has 3 aromatic carbocycles. The van der Waals surface area contributed by atoms with Gasteiger partial charge in [0.05, 0.1) is 18.3 Å². The monoisotopic (exact) mass is 425 g/mol. The van der Waals surface area contributed by atoms with Gasteiger partial charge in [-0.3, -0.25) is 0 Å². The number of aromatic nitrogens is 2. The Kier molecular flexibility index (Phi) is 5.50. The Balaban J connectivity index is 1.40. The number of nitrogens with zero attached hydrogens (tertiary/aromatic N) is 4. The molecule has 0 aliphatic carbocycles. The largest absolute Gasteiger partial charge is 0.495 e. The Bertz CT molecular complexity index is 1220. The van der Waals surface area contributed by atoms with E-state index in [9.17, 15) is 0 Å². The van der Waals surface area contributed by atoms with Crippen LogP contribution in [-0.4, -0.2) is 43.3 Å². The lowest BCUT2D eigenvalue weighted by atomic mass is 10.2. The molecule has 0 unspecified atom stereocenters. The van der Waals surface area contributed by atoms with Crippen molar-refractivity contribution in [3.05, 3.63) is 78.4 Å². The van der Waals surface area contributed by atoms with Crippen molar-refractivity contribution in [1.29, 1.82) is 0 Å². The summed E-state index contributed by atoms with van der Waals surface area (Å²) in [6.45, 7) is 5.56. The highest BCUT2D eigenvalue weighted by Gasteiger charge is 2.22. The van der Waals surface area contributed by atoms with Gasteiger partial charge < -0.3 is 19.9 Å². The zero-order valence-electron chi connectivity index (χ0n) is 18.5. The third-order valence-corrected chi connectivity index (χ3v) is 5.89. The first-order valence-electron chi connectivity index (χ1n) is 10.9. The molecule has 4 aromatic rings. The minimum atomic E-state index is 0.762. The summed E-state index contributed by atoms with van der Waals surface area (Å²) in [4.78, 5) is 14.4. The van der Waals surface area contributed by atoms with Crippen molar-refractivity contribution in [1.82, 2.24) is 9.97 Å². The van der Waals surface area contributed by atoms with E-state index in [1.165, 1.54) is 5.56 Å². The molecule has 0 atom stereocenters. The molecule has 0 radical (unpaired) electrons. The summed E-state index contributed by atoms with van der Waals surface area (Å²) in [5.41, 5.74) is 4.33. The van der Waals surface area contributed by atoms with Gasteiger partial charge in [-0.25, -0.2) is 4.98 Å². The Hall–Kier alpha value is -3.80. The first kappa shape index (κ1) is 20.1. The van der Waals surface area contributed by atoms with Gasteiger partial charge >= 0.3 is 0 Å². The van der Waals surface area contributed by atoms with Crippen LogP contribution in [0.25, 0.3) is 10.9 Å². The number of fused-ring (bicyclic) bond motifs is 1. The molecule has 32 heavy (non-hydrogen) atoms. The zero-order chi connectivity index (χ0) is 21.9. The van der Waals surface area contributed by atoms with Crippen molar-refractivity contribution >= 4 is 34.0 Å². The molecule has 1 fully saturated rings. The summed E-state index contributed by atoms with van der Waals surface area (Å²) in [5, 5.41) is 4.52. The molecule has 1 saturated heterocycles. The predicted octanol–water partition coefficient (Wildman–Crippen LogP) is 5.02. The van der Waals surface area contributed by atoms with Crippen LogP contribution in [0.5, 0.6) is 5.75 Å². The second-order valence-corrected chi connectivity index (χ2v) is 8.03. The third kappa shape index (κ3) is 4.04. The van der Waals surface area contributed by atoms with E-state index >= 15 is 0 Å². The van der Waals surface area contributed by atoms with Gasteiger partial charge in [0.2, 0.25) is 5.95 Å². The van der Waals surface area contributed by atoms with Crippen LogP contribution >= 0.6 is 0 Å². The number of hydrogen-bond acceptors (Lipinski definition) is 6. The van der Waals surface area contributed by atoms with E-state index in [0.29, 0.717) is 0 Å². The summed E-state index contributed by atoms with van der Waals surface area (Å²) in [5.74, 6) is 2.51. The molecule has 1 aromatic heterocycles. The standard InChI is InChI=1S/C26H27N5O/c1-19-11-13-20(14-12-19)27-25-21-7-3-4-8-22(21)28-26(29-25)31-17-15-30(16-18-31)23-9-5-6-10-24(23)32-2/h3-14H,15-18H2,1-2H3,(H,27,28,29). The first-order chi connectivity index (χ1) is 15.7. The smallest absolute Gasteiger partial charge is 0.228 e. The Labute approximate surface area is 188 Å². The van der Waals surface area contributed by atoms with Crippen molar-refractivity contribution in [3.63, 3.8) is 0 Å². The van der Waals surface area contributed by atoms with E-state index in [4.69, 9.17) is 14.7 Å². The molecule has 6 heteroatoms. The maximum atomic E-state index is 5.55. The number of hydrogen-bond donors (Lipinski definition) is 1. The fraction of sp³-hybridized carbons (Fsp3) is 0.231. The van der Waals surface area contributed by atoms with E-state index in [1.807, 2.05) is 30.3 Å². The first-order valence-corrected chi connectivity index (χ1v) is 10.9. The maximum Gasteiger partial charge on any atom is 0.228 e. The van der Waals surface area contributed by atoms with Crippen molar-refractivity contribution in [2.75, 3.05) is 48.4 Å². The molecule has 0 spiro atoms. The molecular weight excluding hydrogens is 398 g/mol. The second kappa shape index (κ2) is 8.75. The molecule has 0 amide bonds. The van der Waals surface area contributed by atoms with Crippen LogP contribution in [0.2, 0.25) is 0 Å². The van der Waals surface area contributed by atoms with Gasteiger partial charge in [-0.1, -0.05) is 42.0 Å². The van der Waals surface area contributed by atoms with Crippen LogP contribution in [0.3, 0.4) is 0 Å². The normalized spacial score (nSPS) is 13.9. The van der Waals surface area contributed by atoms with Crippen LogP contribution in [-0.2, 0) is 0 Å². The third-order valence-electron chi connectivity index (χ3n) is 5.89. The van der Waals surface area contributed by atoms with Crippen molar-refractivity contribution in [3.8, 4) is 5.75 Å². The summed E-state index contributed by atoms with van der Waals surface area (Å²) < 4.78 is 5.55. The molecule has 5 rings (SSSR count). The van der Waals surface area contributed by atoms with Gasteiger partial charge in [-0.05, 0) is 43.3 Å². The van der Waals surface area contributed by atoms with Gasteiger partial charge in [0.1, 0.15) is 11.6 Å². The van der Waals surface area contributed by atoms with Crippen molar-refractivity contribution < 1.29 is 4.74 Å². The van der Waals surface area contributed by atoms with Gasteiger partial charge in [0, 0.05) is 37.3 Å². The average molecular weight is 426 g/mol. The van der Waals surface area contributed by atoms with Crippen LogP contribution in [0, 0.1) is 6.92 Å². The topological polar surface area (TPSA) is 53.5 Å². The molecule has 162 valence electrons. The lowest BCUT2D eigenvalue weighted by Gasteiger charge is -2.36. The quantitative estimate of drug-likeness (QED) is 0.485. The van der Waals surface area contributed by atoms with E-state index in [-0.39, 0.29) is 0 Å². The van der Waals surface area contributed by atoms with Crippen molar-refractivity contribution in [2.24, 2.45) is 0 Å². The number of anilines is 4. The molecule has 2 heterocycles. The second-order valence-electron chi connectivity index (χ2n) is 8.03. The van der Waals surface area contributed by atoms with E-state index in [0.717, 1.165) is 66.0 Å². The Morgan fingerprint density at radius 3 is 2.25 bits per heavy atom. The highest BCUT2D eigenvalue weighted by Crippen LogP contribution is 2.30. The zero-order valence-corrected chi connectivity index (χ0v) is 18.5. The van der Waals surface area contributed by atoms with E-state index < -0.39 is 0 Å². The van der Waals surface area contributed by atoms with Gasteiger partial charge in [-0.15, -0.1) is 0 Å². The number of rotatable bonds is 5. The number of nitrogens with one attached hydrogen (secondary N) is 1. The van der Waals surface area contributed by atoms with Crippen LogP contribution in [0.1, 0.15) is 5.56 Å². The van der Waals surface area contributed by atoms with Crippen LogP contribution in [0.4, 0.5) is 23.1 Å². The van der Waals surface area contributed by atoms with E-state index in [2.05, 4.69) is 64.5 Å². The number of para-hydroxylation sites is 3. The SMILES string of the molecule is COc1ccccc1N1CCN(c2nc(Nc3ccc(C)cc3)c3ccccc3n2)CC1. The van der Waals surface area contributed by atoms with Crippen LogP contribution in [0.15, 0.2) is 72.8 Å². The summed E-state index contributed by atoms with van der Waals surface area (Å²) in [6.07, 6.45) is 0. The minimum absolute atomic E-state index is 0.762. The lowest BCUT2D eigenvalue weighted by molar-refractivity contribution is 0.413. The summed E-state index contributed by atoms with van der Waals surface area (Å²) in [7, 11) is 1.72. The number of aryl methyl sites for hydroxylation is 1. The molecule has 0 bridgehead atoms. The predicted molar refractivity (Wildman–Crippen MR) is 131 cm³/mol. The van der Waals surface area contributed by atoms with E-state index in [1.54, 1.807) is 7.11 Å². The average Bonchev–Trinajstić information content (AvgIpc) is 2.85. The fourth-order valence-corrected chi connectivity index (χ4v) is 4.11. The minimum Gasteiger partial charge on any atom is -0.495 e. The van der Waals surface area contributed by atoms with Gasteiger partial charge in [0.15, 0.2) is 0 Å². The molecule has 0 saturated carbocycles. The lowest BCUT2D eigenvalue weighted by Crippen LogP contribution is -2.47.